The Bertz CT molecular complexity index is 1190. The maximum atomic E-state index is 12.9. The highest BCUT2D eigenvalue weighted by Gasteiger charge is 2.12. The lowest BCUT2D eigenvalue weighted by atomic mass is 10.1. The number of nitrogens with zero attached hydrogens (tertiary/aromatic N) is 3. The molecule has 2 aromatic carbocycles. The summed E-state index contributed by atoms with van der Waals surface area (Å²) in [6, 6.07) is 11.9. The van der Waals surface area contributed by atoms with Gasteiger partial charge in [0.1, 0.15) is 0 Å². The van der Waals surface area contributed by atoms with E-state index in [1.165, 1.54) is 23.6 Å². The number of benzene rings is 2. The Morgan fingerprint density at radius 2 is 1.79 bits per heavy atom. The van der Waals surface area contributed by atoms with Crippen molar-refractivity contribution < 1.29 is 14.3 Å². The quantitative estimate of drug-likeness (QED) is 0.467. The summed E-state index contributed by atoms with van der Waals surface area (Å²) < 4.78 is 12.1. The zero-order chi connectivity index (χ0) is 24.7. The number of methoxy groups -OCH3 is 2. The van der Waals surface area contributed by atoms with Crippen LogP contribution in [0, 0.1) is 0 Å². The Hall–Kier alpha value is -3.39. The largest absolute Gasteiger partial charge is 0.493 e. The van der Waals surface area contributed by atoms with Crippen molar-refractivity contribution >= 4 is 16.8 Å². The molecule has 0 atom stereocenters. The molecular formula is C26H34N4O4. The topological polar surface area (TPSA) is 85.7 Å². The Morgan fingerprint density at radius 1 is 1.12 bits per heavy atom. The molecule has 0 saturated heterocycles. The van der Waals surface area contributed by atoms with Crippen molar-refractivity contribution in [2.75, 3.05) is 21.3 Å². The number of aromatic nitrogens is 2. The fourth-order valence-corrected chi connectivity index (χ4v) is 3.67. The van der Waals surface area contributed by atoms with Crippen LogP contribution in [0.25, 0.3) is 10.9 Å². The van der Waals surface area contributed by atoms with E-state index in [0.29, 0.717) is 54.4 Å². The highest BCUT2D eigenvalue weighted by atomic mass is 16.5. The molecule has 0 fully saturated rings. The highest BCUT2D eigenvalue weighted by Crippen LogP contribution is 2.29. The second-order valence-electron chi connectivity index (χ2n) is 8.63. The van der Waals surface area contributed by atoms with Crippen LogP contribution in [0.2, 0.25) is 0 Å². The molecular weight excluding hydrogens is 432 g/mol. The molecule has 34 heavy (non-hydrogen) atoms. The number of carbonyl (C=O) groups excluding carboxylic acids is 1. The van der Waals surface area contributed by atoms with Crippen LogP contribution < -0.4 is 20.3 Å². The molecule has 0 bridgehead atoms. The normalized spacial score (nSPS) is 11.3. The molecule has 3 aromatic rings. The first-order valence-electron chi connectivity index (χ1n) is 11.5. The molecule has 0 saturated carbocycles. The molecule has 0 aliphatic rings. The second-order valence-corrected chi connectivity index (χ2v) is 8.63. The zero-order valence-electron chi connectivity index (χ0n) is 20.6. The van der Waals surface area contributed by atoms with E-state index in [9.17, 15) is 9.59 Å². The number of fused-ring (bicyclic) bond motifs is 1. The highest BCUT2D eigenvalue weighted by molar-refractivity contribution is 5.81. The Balaban J connectivity index is 1.58. The van der Waals surface area contributed by atoms with Gasteiger partial charge in [0.25, 0.3) is 5.56 Å². The van der Waals surface area contributed by atoms with Crippen LogP contribution in [0.5, 0.6) is 11.5 Å². The third kappa shape index (κ3) is 6.14. The number of rotatable bonds is 11. The summed E-state index contributed by atoms with van der Waals surface area (Å²) in [5.41, 5.74) is 2.69. The van der Waals surface area contributed by atoms with Gasteiger partial charge in [-0.2, -0.15) is 0 Å². The summed E-state index contributed by atoms with van der Waals surface area (Å²) in [5.74, 6) is 0.958. The fourth-order valence-electron chi connectivity index (χ4n) is 3.67. The van der Waals surface area contributed by atoms with Gasteiger partial charge < -0.3 is 14.8 Å². The van der Waals surface area contributed by atoms with E-state index in [1.54, 1.807) is 19.2 Å². The van der Waals surface area contributed by atoms with Gasteiger partial charge in [0.2, 0.25) is 5.91 Å². The minimum absolute atomic E-state index is 0.0415. The lowest BCUT2D eigenvalue weighted by Crippen LogP contribution is -2.28. The summed E-state index contributed by atoms with van der Waals surface area (Å²) >= 11 is 0. The summed E-state index contributed by atoms with van der Waals surface area (Å²) in [7, 11) is 5.16. The molecule has 0 radical (unpaired) electrons. The lowest BCUT2D eigenvalue weighted by Gasteiger charge is -2.22. The van der Waals surface area contributed by atoms with Crippen LogP contribution in [-0.4, -0.2) is 47.7 Å². The van der Waals surface area contributed by atoms with E-state index >= 15 is 0 Å². The van der Waals surface area contributed by atoms with Crippen LogP contribution in [0.1, 0.15) is 37.8 Å². The third-order valence-corrected chi connectivity index (χ3v) is 6.03. The predicted molar refractivity (Wildman–Crippen MR) is 133 cm³/mol. The molecule has 8 heteroatoms. The predicted octanol–water partition coefficient (Wildman–Crippen LogP) is 3.35. The van der Waals surface area contributed by atoms with Gasteiger partial charge in [-0.15, -0.1) is 0 Å². The average molecular weight is 467 g/mol. The van der Waals surface area contributed by atoms with Crippen LogP contribution in [-0.2, 0) is 24.4 Å². The smallest absolute Gasteiger partial charge is 0.261 e. The SMILES string of the molecule is COc1cc2ncn(CCCC(=O)NCc3ccccc3CN(C)C(C)C)c(=O)c2cc1OC. The van der Waals surface area contributed by atoms with Crippen molar-refractivity contribution in [2.24, 2.45) is 0 Å². The van der Waals surface area contributed by atoms with Crippen molar-refractivity contribution in [3.8, 4) is 11.5 Å². The van der Waals surface area contributed by atoms with Gasteiger partial charge in [-0.25, -0.2) is 4.98 Å². The monoisotopic (exact) mass is 466 g/mol. The Morgan fingerprint density at radius 3 is 2.47 bits per heavy atom. The van der Waals surface area contributed by atoms with Crippen LogP contribution in [0.4, 0.5) is 0 Å². The standard InChI is InChI=1S/C26H34N4O4/c1-18(2)29(3)16-20-10-7-6-9-19(20)15-27-25(31)11-8-12-30-17-28-22-14-24(34-5)23(33-4)13-21(22)26(30)32/h6-7,9-10,13-14,17-18H,8,11-12,15-16H2,1-5H3,(H,27,31). The molecule has 1 heterocycles. The van der Waals surface area contributed by atoms with Crippen molar-refractivity contribution in [1.29, 1.82) is 0 Å². The molecule has 0 aliphatic heterocycles. The number of ether oxygens (including phenoxy) is 2. The summed E-state index contributed by atoms with van der Waals surface area (Å²) in [6.07, 6.45) is 2.37. The van der Waals surface area contributed by atoms with E-state index in [0.717, 1.165) is 12.1 Å². The second kappa shape index (κ2) is 11.7. The first kappa shape index (κ1) is 25.2. The lowest BCUT2D eigenvalue weighted by molar-refractivity contribution is -0.121. The first-order chi connectivity index (χ1) is 16.3. The van der Waals surface area contributed by atoms with E-state index in [1.807, 2.05) is 18.2 Å². The van der Waals surface area contributed by atoms with Gasteiger partial charge in [-0.3, -0.25) is 19.1 Å². The van der Waals surface area contributed by atoms with Crippen molar-refractivity contribution in [3.63, 3.8) is 0 Å². The summed E-state index contributed by atoms with van der Waals surface area (Å²) in [6.45, 7) is 6.04. The maximum Gasteiger partial charge on any atom is 0.261 e. The average Bonchev–Trinajstić information content (AvgIpc) is 2.84. The summed E-state index contributed by atoms with van der Waals surface area (Å²) in [5, 5.41) is 3.46. The number of carbonyl (C=O) groups is 1. The van der Waals surface area contributed by atoms with E-state index in [4.69, 9.17) is 9.47 Å². The van der Waals surface area contributed by atoms with Crippen LogP contribution >= 0.6 is 0 Å². The molecule has 1 N–H and O–H groups in total. The maximum absolute atomic E-state index is 12.9. The number of amides is 1. The first-order valence-corrected chi connectivity index (χ1v) is 11.5. The third-order valence-electron chi connectivity index (χ3n) is 6.03. The van der Waals surface area contributed by atoms with Gasteiger partial charge in [0, 0.05) is 38.2 Å². The van der Waals surface area contributed by atoms with E-state index in [2.05, 4.69) is 42.2 Å². The Labute approximate surface area is 200 Å². The number of hydrogen-bond acceptors (Lipinski definition) is 6. The van der Waals surface area contributed by atoms with Crippen molar-refractivity contribution in [1.82, 2.24) is 19.8 Å². The van der Waals surface area contributed by atoms with Crippen LogP contribution in [0.15, 0.2) is 47.5 Å². The minimum atomic E-state index is -0.172. The van der Waals surface area contributed by atoms with Crippen molar-refractivity contribution in [2.45, 2.75) is 52.4 Å². The van der Waals surface area contributed by atoms with Gasteiger partial charge >= 0.3 is 0 Å². The molecule has 182 valence electrons. The molecule has 8 nitrogen and oxygen atoms in total. The van der Waals surface area contributed by atoms with Gasteiger partial charge in [0.05, 0.1) is 31.4 Å². The van der Waals surface area contributed by atoms with Crippen LogP contribution in [0.3, 0.4) is 0 Å². The zero-order valence-corrected chi connectivity index (χ0v) is 20.6. The number of aryl methyl sites for hydroxylation is 1. The fraction of sp³-hybridized carbons (Fsp3) is 0.423. The summed E-state index contributed by atoms with van der Waals surface area (Å²) in [4.78, 5) is 32.0. The Kier molecular flexibility index (Phi) is 8.65. The number of nitrogens with one attached hydrogen (secondary N) is 1. The molecule has 0 unspecified atom stereocenters. The molecule has 0 aliphatic carbocycles. The molecule has 1 aromatic heterocycles. The van der Waals surface area contributed by atoms with Gasteiger partial charge in [-0.1, -0.05) is 24.3 Å². The molecule has 3 rings (SSSR count). The molecule has 1 amide bonds. The van der Waals surface area contributed by atoms with E-state index in [-0.39, 0.29) is 11.5 Å². The number of hydrogen-bond donors (Lipinski definition) is 1. The molecule has 0 spiro atoms. The van der Waals surface area contributed by atoms with Crippen molar-refractivity contribution in [3.05, 3.63) is 64.2 Å². The minimum Gasteiger partial charge on any atom is -0.493 e. The van der Waals surface area contributed by atoms with Gasteiger partial charge in [-0.05, 0) is 44.5 Å². The van der Waals surface area contributed by atoms with E-state index < -0.39 is 0 Å². The van der Waals surface area contributed by atoms with Gasteiger partial charge in [0.15, 0.2) is 11.5 Å².